The van der Waals surface area contributed by atoms with Gasteiger partial charge in [-0.3, -0.25) is 0 Å². The second kappa shape index (κ2) is 4.70. The van der Waals surface area contributed by atoms with Gasteiger partial charge >= 0.3 is 6.09 Å². The monoisotopic (exact) mass is 181 g/mol. The Morgan fingerprint density at radius 2 is 2.38 bits per heavy atom. The lowest BCUT2D eigenvalue weighted by atomic mass is 10.2. The SMILES string of the molecule is C=CCOC(=O)N1CCCC1C=C. The van der Waals surface area contributed by atoms with Crippen molar-refractivity contribution in [2.45, 2.75) is 18.9 Å². The Kier molecular flexibility index (Phi) is 3.55. The minimum atomic E-state index is -0.262. The van der Waals surface area contributed by atoms with Crippen LogP contribution in [0.15, 0.2) is 25.3 Å². The number of hydrogen-bond acceptors (Lipinski definition) is 2. The number of nitrogens with zero attached hydrogens (tertiary/aromatic N) is 1. The summed E-state index contributed by atoms with van der Waals surface area (Å²) < 4.78 is 4.93. The highest BCUT2D eigenvalue weighted by molar-refractivity contribution is 5.68. The van der Waals surface area contributed by atoms with Crippen molar-refractivity contribution in [2.75, 3.05) is 13.2 Å². The molecule has 1 fully saturated rings. The first kappa shape index (κ1) is 9.84. The van der Waals surface area contributed by atoms with Crippen LogP contribution in [-0.4, -0.2) is 30.2 Å². The van der Waals surface area contributed by atoms with Gasteiger partial charge < -0.3 is 9.64 Å². The summed E-state index contributed by atoms with van der Waals surface area (Å²) in [5.41, 5.74) is 0. The molecule has 0 radical (unpaired) electrons. The summed E-state index contributed by atoms with van der Waals surface area (Å²) in [5, 5.41) is 0. The molecular weight excluding hydrogens is 166 g/mol. The minimum absolute atomic E-state index is 0.150. The quantitative estimate of drug-likeness (QED) is 0.623. The molecular formula is C10H15NO2. The van der Waals surface area contributed by atoms with Gasteiger partial charge in [0.15, 0.2) is 0 Å². The third kappa shape index (κ3) is 2.34. The molecule has 0 saturated carbocycles. The Morgan fingerprint density at radius 3 is 3.00 bits per heavy atom. The van der Waals surface area contributed by atoms with E-state index in [-0.39, 0.29) is 18.7 Å². The predicted octanol–water partition coefficient (Wildman–Crippen LogP) is 1.96. The van der Waals surface area contributed by atoms with Crippen LogP contribution in [0.1, 0.15) is 12.8 Å². The van der Waals surface area contributed by atoms with Crippen LogP contribution in [0.2, 0.25) is 0 Å². The molecule has 0 aromatic rings. The number of rotatable bonds is 3. The minimum Gasteiger partial charge on any atom is -0.445 e. The molecule has 1 heterocycles. The fourth-order valence-electron chi connectivity index (χ4n) is 1.48. The zero-order valence-electron chi connectivity index (χ0n) is 7.74. The van der Waals surface area contributed by atoms with Gasteiger partial charge in [0, 0.05) is 6.54 Å². The molecule has 1 unspecified atom stereocenters. The van der Waals surface area contributed by atoms with Crippen molar-refractivity contribution < 1.29 is 9.53 Å². The van der Waals surface area contributed by atoms with E-state index in [1.807, 2.05) is 0 Å². The van der Waals surface area contributed by atoms with E-state index >= 15 is 0 Å². The summed E-state index contributed by atoms with van der Waals surface area (Å²) in [7, 11) is 0. The summed E-state index contributed by atoms with van der Waals surface area (Å²) in [6.07, 6.45) is 5.12. The predicted molar refractivity (Wildman–Crippen MR) is 51.5 cm³/mol. The van der Waals surface area contributed by atoms with Gasteiger partial charge in [0.1, 0.15) is 6.61 Å². The van der Waals surface area contributed by atoms with Crippen LogP contribution >= 0.6 is 0 Å². The molecule has 13 heavy (non-hydrogen) atoms. The Morgan fingerprint density at radius 1 is 1.62 bits per heavy atom. The molecule has 0 aromatic carbocycles. The zero-order valence-corrected chi connectivity index (χ0v) is 7.74. The molecule has 0 N–H and O–H groups in total. The van der Waals surface area contributed by atoms with Gasteiger partial charge in [-0.05, 0) is 12.8 Å². The lowest BCUT2D eigenvalue weighted by molar-refractivity contribution is 0.114. The Balaban J connectivity index is 2.44. The first-order chi connectivity index (χ1) is 6.29. The van der Waals surface area contributed by atoms with E-state index in [9.17, 15) is 4.79 Å². The maximum Gasteiger partial charge on any atom is 0.410 e. The van der Waals surface area contributed by atoms with E-state index in [0.717, 1.165) is 19.4 Å². The van der Waals surface area contributed by atoms with Gasteiger partial charge in [-0.15, -0.1) is 6.58 Å². The number of amides is 1. The molecule has 0 aliphatic carbocycles. The zero-order chi connectivity index (χ0) is 9.68. The molecule has 1 saturated heterocycles. The summed E-state index contributed by atoms with van der Waals surface area (Å²) in [6.45, 7) is 8.22. The lowest BCUT2D eigenvalue weighted by Crippen LogP contribution is -2.34. The maximum atomic E-state index is 11.4. The first-order valence-electron chi connectivity index (χ1n) is 4.46. The molecule has 72 valence electrons. The van der Waals surface area contributed by atoms with Crippen LogP contribution in [0, 0.1) is 0 Å². The van der Waals surface area contributed by atoms with Crippen molar-refractivity contribution in [1.82, 2.24) is 4.90 Å². The van der Waals surface area contributed by atoms with Crippen LogP contribution in [0.4, 0.5) is 4.79 Å². The largest absolute Gasteiger partial charge is 0.445 e. The van der Waals surface area contributed by atoms with Crippen molar-refractivity contribution >= 4 is 6.09 Å². The average Bonchev–Trinajstić information content (AvgIpc) is 2.61. The van der Waals surface area contributed by atoms with E-state index < -0.39 is 0 Å². The fraction of sp³-hybridized carbons (Fsp3) is 0.500. The van der Waals surface area contributed by atoms with Gasteiger partial charge in [0.25, 0.3) is 0 Å². The molecule has 3 nitrogen and oxygen atoms in total. The number of carbonyl (C=O) groups excluding carboxylic acids is 1. The smallest absolute Gasteiger partial charge is 0.410 e. The highest BCUT2D eigenvalue weighted by atomic mass is 16.6. The molecule has 1 aliphatic rings. The molecule has 0 bridgehead atoms. The first-order valence-corrected chi connectivity index (χ1v) is 4.46. The molecule has 0 aromatic heterocycles. The highest BCUT2D eigenvalue weighted by Crippen LogP contribution is 2.18. The van der Waals surface area contributed by atoms with Crippen LogP contribution in [0.5, 0.6) is 0 Å². The molecule has 1 amide bonds. The molecule has 3 heteroatoms. The second-order valence-electron chi connectivity index (χ2n) is 3.00. The van der Waals surface area contributed by atoms with Crippen LogP contribution in [0.3, 0.4) is 0 Å². The summed E-state index contributed by atoms with van der Waals surface area (Å²) in [5.74, 6) is 0. The maximum absolute atomic E-state index is 11.4. The average molecular weight is 181 g/mol. The Bertz CT molecular complexity index is 213. The van der Waals surface area contributed by atoms with Crippen LogP contribution in [-0.2, 0) is 4.74 Å². The number of likely N-dealkylation sites (tertiary alicyclic amines) is 1. The van der Waals surface area contributed by atoms with Gasteiger partial charge in [-0.25, -0.2) is 4.79 Å². The Labute approximate surface area is 78.7 Å². The summed E-state index contributed by atoms with van der Waals surface area (Å²) in [6, 6.07) is 0.150. The van der Waals surface area contributed by atoms with Crippen molar-refractivity contribution in [3.05, 3.63) is 25.3 Å². The molecule has 0 spiro atoms. The van der Waals surface area contributed by atoms with E-state index in [1.165, 1.54) is 0 Å². The van der Waals surface area contributed by atoms with Crippen molar-refractivity contribution in [3.63, 3.8) is 0 Å². The van der Waals surface area contributed by atoms with Gasteiger partial charge in [0.05, 0.1) is 6.04 Å². The van der Waals surface area contributed by atoms with Gasteiger partial charge in [0.2, 0.25) is 0 Å². The van der Waals surface area contributed by atoms with Gasteiger partial charge in [-0.1, -0.05) is 18.7 Å². The second-order valence-corrected chi connectivity index (χ2v) is 3.00. The van der Waals surface area contributed by atoms with Crippen molar-refractivity contribution in [3.8, 4) is 0 Å². The van der Waals surface area contributed by atoms with E-state index in [0.29, 0.717) is 0 Å². The van der Waals surface area contributed by atoms with E-state index in [4.69, 9.17) is 4.74 Å². The molecule has 1 atom stereocenters. The van der Waals surface area contributed by atoms with Crippen molar-refractivity contribution in [1.29, 1.82) is 0 Å². The van der Waals surface area contributed by atoms with E-state index in [2.05, 4.69) is 13.2 Å². The fourth-order valence-corrected chi connectivity index (χ4v) is 1.48. The highest BCUT2D eigenvalue weighted by Gasteiger charge is 2.27. The third-order valence-corrected chi connectivity index (χ3v) is 2.13. The molecule has 1 aliphatic heterocycles. The Hall–Kier alpha value is -1.25. The number of hydrogen-bond donors (Lipinski definition) is 0. The number of carbonyl (C=O) groups is 1. The number of ether oxygens (including phenoxy) is 1. The lowest BCUT2D eigenvalue weighted by Gasteiger charge is -2.20. The van der Waals surface area contributed by atoms with E-state index in [1.54, 1.807) is 17.1 Å². The van der Waals surface area contributed by atoms with Gasteiger partial charge in [-0.2, -0.15) is 0 Å². The van der Waals surface area contributed by atoms with Crippen molar-refractivity contribution in [2.24, 2.45) is 0 Å². The third-order valence-electron chi connectivity index (χ3n) is 2.13. The van der Waals surface area contributed by atoms with Crippen LogP contribution in [0.25, 0.3) is 0 Å². The summed E-state index contributed by atoms with van der Waals surface area (Å²) >= 11 is 0. The summed E-state index contributed by atoms with van der Waals surface area (Å²) in [4.78, 5) is 13.1. The molecule has 1 rings (SSSR count). The topological polar surface area (TPSA) is 29.5 Å². The normalized spacial score (nSPS) is 21.2. The van der Waals surface area contributed by atoms with Crippen LogP contribution < -0.4 is 0 Å². The standard InChI is InChI=1S/C10H15NO2/c1-3-8-13-10(12)11-7-5-6-9(11)4-2/h3-4,9H,1-2,5-8H2.